The molecule has 0 amide bonds. The molecule has 2 nitrogen and oxygen atoms in total. The van der Waals surface area contributed by atoms with Gasteiger partial charge in [0.2, 0.25) is 0 Å². The average molecular weight is 237 g/mol. The van der Waals surface area contributed by atoms with Crippen LogP contribution in [-0.4, -0.2) is 13.2 Å². The van der Waals surface area contributed by atoms with Gasteiger partial charge in [-0.05, 0) is 30.7 Å². The number of rotatable bonds is 3. The lowest BCUT2D eigenvalue weighted by atomic mass is 9.92. The highest BCUT2D eigenvalue weighted by molar-refractivity contribution is 5.49. The fourth-order valence-corrected chi connectivity index (χ4v) is 2.56. The maximum absolute atomic E-state index is 13.3. The van der Waals surface area contributed by atoms with Gasteiger partial charge in [-0.1, -0.05) is 13.8 Å². The van der Waals surface area contributed by atoms with Crippen molar-refractivity contribution in [2.75, 3.05) is 12.4 Å². The predicted octanol–water partition coefficient (Wildman–Crippen LogP) is 3.82. The Labute approximate surface area is 102 Å². The molecule has 1 saturated carbocycles. The average Bonchev–Trinajstić information content (AvgIpc) is 2.57. The van der Waals surface area contributed by atoms with Crippen molar-refractivity contribution in [3.05, 3.63) is 24.0 Å². The molecule has 3 heteroatoms. The molecule has 1 N–H and O–H groups in total. The second-order valence-electron chi connectivity index (χ2n) is 5.63. The number of methoxy groups -OCH3 is 1. The number of nitrogens with one attached hydrogen (secondary N) is 1. The van der Waals surface area contributed by atoms with E-state index in [1.54, 1.807) is 7.11 Å². The van der Waals surface area contributed by atoms with Crippen LogP contribution in [0.3, 0.4) is 0 Å². The van der Waals surface area contributed by atoms with Crippen LogP contribution in [0.15, 0.2) is 18.2 Å². The van der Waals surface area contributed by atoms with Crippen molar-refractivity contribution >= 4 is 5.69 Å². The minimum atomic E-state index is -0.260. The Balaban J connectivity index is 2.06. The number of hydrogen-bond donors (Lipinski definition) is 1. The molecule has 1 aromatic carbocycles. The van der Waals surface area contributed by atoms with E-state index < -0.39 is 0 Å². The van der Waals surface area contributed by atoms with Crippen LogP contribution in [0.1, 0.15) is 33.1 Å². The maximum Gasteiger partial charge on any atom is 0.128 e. The lowest BCUT2D eigenvalue weighted by Crippen LogP contribution is -2.17. The first-order valence-electron chi connectivity index (χ1n) is 6.10. The third kappa shape index (κ3) is 3.11. The normalized spacial score (nSPS) is 22.5. The number of ether oxygens (including phenoxy) is 1. The fraction of sp³-hybridized carbons (Fsp3) is 0.571. The highest BCUT2D eigenvalue weighted by Gasteiger charge is 2.30. The van der Waals surface area contributed by atoms with Gasteiger partial charge < -0.3 is 10.1 Å². The van der Waals surface area contributed by atoms with E-state index >= 15 is 0 Å². The first-order valence-corrected chi connectivity index (χ1v) is 6.10. The topological polar surface area (TPSA) is 21.3 Å². The van der Waals surface area contributed by atoms with Crippen LogP contribution in [0.5, 0.6) is 5.75 Å². The lowest BCUT2D eigenvalue weighted by molar-refractivity contribution is 0.378. The zero-order chi connectivity index (χ0) is 12.5. The zero-order valence-electron chi connectivity index (χ0n) is 10.7. The summed E-state index contributed by atoms with van der Waals surface area (Å²) in [5, 5.41) is 3.39. The molecule has 94 valence electrons. The van der Waals surface area contributed by atoms with Gasteiger partial charge in [-0.25, -0.2) is 4.39 Å². The van der Waals surface area contributed by atoms with Crippen LogP contribution < -0.4 is 10.1 Å². The summed E-state index contributed by atoms with van der Waals surface area (Å²) < 4.78 is 18.4. The van der Waals surface area contributed by atoms with Crippen LogP contribution in [0.25, 0.3) is 0 Å². The Hall–Kier alpha value is -1.25. The second-order valence-corrected chi connectivity index (χ2v) is 5.63. The second kappa shape index (κ2) is 4.55. The first-order chi connectivity index (χ1) is 7.98. The van der Waals surface area contributed by atoms with Crippen molar-refractivity contribution in [1.29, 1.82) is 0 Å². The summed E-state index contributed by atoms with van der Waals surface area (Å²) in [5.74, 6) is 0.300. The Morgan fingerprint density at radius 1 is 1.35 bits per heavy atom. The molecular weight excluding hydrogens is 217 g/mol. The van der Waals surface area contributed by atoms with Crippen LogP contribution in [0, 0.1) is 11.2 Å². The summed E-state index contributed by atoms with van der Waals surface area (Å²) in [4.78, 5) is 0. The zero-order valence-corrected chi connectivity index (χ0v) is 10.7. The van der Waals surface area contributed by atoms with E-state index in [2.05, 4.69) is 19.2 Å². The van der Waals surface area contributed by atoms with Crippen LogP contribution in [0.4, 0.5) is 10.1 Å². The van der Waals surface area contributed by atoms with Crippen molar-refractivity contribution in [3.8, 4) is 5.75 Å². The highest BCUT2D eigenvalue weighted by Crippen LogP contribution is 2.38. The van der Waals surface area contributed by atoms with Gasteiger partial charge >= 0.3 is 0 Å². The summed E-state index contributed by atoms with van der Waals surface area (Å²) in [6.07, 6.45) is 3.49. The first kappa shape index (κ1) is 12.2. The van der Waals surface area contributed by atoms with E-state index in [4.69, 9.17) is 4.74 Å². The van der Waals surface area contributed by atoms with Gasteiger partial charge in [0, 0.05) is 23.9 Å². The predicted molar refractivity (Wildman–Crippen MR) is 68.0 cm³/mol. The molecule has 1 aliphatic rings. The molecular formula is C14H20FNO. The SMILES string of the molecule is COc1cc(F)cc(NC2CCC(C)(C)C2)c1. The third-order valence-electron chi connectivity index (χ3n) is 3.45. The lowest BCUT2D eigenvalue weighted by Gasteiger charge is -2.19. The van der Waals surface area contributed by atoms with Crippen molar-refractivity contribution in [3.63, 3.8) is 0 Å². The summed E-state index contributed by atoms with van der Waals surface area (Å²) in [7, 11) is 1.55. The highest BCUT2D eigenvalue weighted by atomic mass is 19.1. The van der Waals surface area contributed by atoms with Gasteiger partial charge in [-0.15, -0.1) is 0 Å². The molecule has 0 spiro atoms. The molecule has 0 aliphatic heterocycles. The van der Waals surface area contributed by atoms with Gasteiger partial charge in [0.15, 0.2) is 0 Å². The van der Waals surface area contributed by atoms with Gasteiger partial charge in [0.25, 0.3) is 0 Å². The Bertz CT molecular complexity index is 403. The molecule has 0 heterocycles. The van der Waals surface area contributed by atoms with Gasteiger partial charge in [0.05, 0.1) is 7.11 Å². The van der Waals surface area contributed by atoms with Crippen molar-refractivity contribution in [2.45, 2.75) is 39.2 Å². The molecule has 0 aromatic heterocycles. The molecule has 0 radical (unpaired) electrons. The standard InChI is InChI=1S/C14H20FNO/c1-14(2)5-4-11(9-14)16-12-6-10(15)7-13(8-12)17-3/h6-8,11,16H,4-5,9H2,1-3H3. The van der Waals surface area contributed by atoms with Gasteiger partial charge in [0.1, 0.15) is 11.6 Å². The minimum absolute atomic E-state index is 0.260. The summed E-state index contributed by atoms with van der Waals surface area (Å²) in [5.41, 5.74) is 1.21. The molecule has 0 saturated heterocycles. The summed E-state index contributed by atoms with van der Waals surface area (Å²) in [6, 6.07) is 5.20. The van der Waals surface area contributed by atoms with E-state index in [9.17, 15) is 4.39 Å². The van der Waals surface area contributed by atoms with Gasteiger partial charge in [-0.3, -0.25) is 0 Å². The molecule has 17 heavy (non-hydrogen) atoms. The quantitative estimate of drug-likeness (QED) is 0.862. The Kier molecular flexibility index (Phi) is 3.27. The van der Waals surface area contributed by atoms with Gasteiger partial charge in [-0.2, -0.15) is 0 Å². The number of benzene rings is 1. The largest absolute Gasteiger partial charge is 0.497 e. The molecule has 1 aliphatic carbocycles. The van der Waals surface area contributed by atoms with E-state index in [1.807, 2.05) is 6.07 Å². The van der Waals surface area contributed by atoms with Crippen molar-refractivity contribution in [1.82, 2.24) is 0 Å². The monoisotopic (exact) mass is 237 g/mol. The number of anilines is 1. The van der Waals surface area contributed by atoms with E-state index in [-0.39, 0.29) is 5.82 Å². The summed E-state index contributed by atoms with van der Waals surface area (Å²) in [6.45, 7) is 4.56. The molecule has 1 fully saturated rings. The molecule has 1 atom stereocenters. The molecule has 0 bridgehead atoms. The molecule has 1 aromatic rings. The van der Waals surface area contributed by atoms with Crippen LogP contribution >= 0.6 is 0 Å². The Morgan fingerprint density at radius 3 is 2.71 bits per heavy atom. The number of hydrogen-bond acceptors (Lipinski definition) is 2. The third-order valence-corrected chi connectivity index (χ3v) is 3.45. The smallest absolute Gasteiger partial charge is 0.128 e. The number of halogens is 1. The van der Waals surface area contributed by atoms with E-state index in [0.29, 0.717) is 17.2 Å². The summed E-state index contributed by atoms with van der Waals surface area (Å²) >= 11 is 0. The maximum atomic E-state index is 13.3. The van der Waals surface area contributed by atoms with Crippen molar-refractivity contribution < 1.29 is 9.13 Å². The Morgan fingerprint density at radius 2 is 2.12 bits per heavy atom. The molecule has 1 unspecified atom stereocenters. The molecule has 2 rings (SSSR count). The van der Waals surface area contributed by atoms with Crippen LogP contribution in [0.2, 0.25) is 0 Å². The van der Waals surface area contributed by atoms with Crippen molar-refractivity contribution in [2.24, 2.45) is 5.41 Å². The fourth-order valence-electron chi connectivity index (χ4n) is 2.56. The van der Waals surface area contributed by atoms with E-state index in [1.165, 1.54) is 18.6 Å². The van der Waals surface area contributed by atoms with E-state index in [0.717, 1.165) is 18.5 Å². The van der Waals surface area contributed by atoms with Crippen LogP contribution in [-0.2, 0) is 0 Å². The minimum Gasteiger partial charge on any atom is -0.497 e.